The predicted octanol–water partition coefficient (Wildman–Crippen LogP) is 1.85. The minimum absolute atomic E-state index is 0.156. The summed E-state index contributed by atoms with van der Waals surface area (Å²) in [5.41, 5.74) is 0. The van der Waals surface area contributed by atoms with Gasteiger partial charge in [-0.05, 0) is 24.3 Å². The van der Waals surface area contributed by atoms with E-state index in [1.807, 2.05) is 0 Å². The Balaban J connectivity index is 2.26. The van der Waals surface area contributed by atoms with Gasteiger partial charge in [-0.15, -0.1) is 0 Å². The summed E-state index contributed by atoms with van der Waals surface area (Å²) in [5, 5.41) is 2.66. The summed E-state index contributed by atoms with van der Waals surface area (Å²) >= 11 is 0. The highest BCUT2D eigenvalue weighted by molar-refractivity contribution is 7.90. The molecular formula is C12H12FN3O3S. The Bertz CT molecular complexity index is 717. The largest absolute Gasteiger partial charge is 0.436 e. The zero-order chi connectivity index (χ0) is 14.8. The van der Waals surface area contributed by atoms with E-state index in [2.05, 4.69) is 15.3 Å². The lowest BCUT2D eigenvalue weighted by atomic mass is 10.3. The number of ether oxygens (including phenoxy) is 1. The standard InChI is InChI=1S/C12H12FN3O3S/c1-14-12-15-7-10(13)11(16-12)19-8-3-5-9(6-4-8)20(2,17)18/h3-7H,1-2H3,(H,14,15,16). The van der Waals surface area contributed by atoms with Crippen molar-refractivity contribution in [3.8, 4) is 11.6 Å². The van der Waals surface area contributed by atoms with Gasteiger partial charge >= 0.3 is 0 Å². The molecule has 6 nitrogen and oxygen atoms in total. The number of rotatable bonds is 4. The number of sulfone groups is 1. The average molecular weight is 297 g/mol. The van der Waals surface area contributed by atoms with Crippen LogP contribution < -0.4 is 10.1 Å². The zero-order valence-corrected chi connectivity index (χ0v) is 11.6. The fraction of sp³-hybridized carbons (Fsp3) is 0.167. The van der Waals surface area contributed by atoms with Crippen LogP contribution in [0.25, 0.3) is 0 Å². The molecule has 1 heterocycles. The van der Waals surface area contributed by atoms with Crippen molar-refractivity contribution < 1.29 is 17.5 Å². The fourth-order valence-electron chi connectivity index (χ4n) is 1.41. The molecule has 0 bridgehead atoms. The Hall–Kier alpha value is -2.22. The second-order valence-corrected chi connectivity index (χ2v) is 5.96. The molecule has 0 unspecified atom stereocenters. The van der Waals surface area contributed by atoms with E-state index in [0.29, 0.717) is 0 Å². The highest BCUT2D eigenvalue weighted by Crippen LogP contribution is 2.24. The summed E-state index contributed by atoms with van der Waals surface area (Å²) in [6.45, 7) is 0. The van der Waals surface area contributed by atoms with Crippen LogP contribution in [0.15, 0.2) is 35.4 Å². The van der Waals surface area contributed by atoms with Crippen LogP contribution in [0, 0.1) is 5.82 Å². The first-order valence-electron chi connectivity index (χ1n) is 5.58. The van der Waals surface area contributed by atoms with Crippen molar-refractivity contribution in [3.05, 3.63) is 36.3 Å². The Morgan fingerprint density at radius 1 is 1.25 bits per heavy atom. The van der Waals surface area contributed by atoms with Crippen LogP contribution in [0.4, 0.5) is 10.3 Å². The quantitative estimate of drug-likeness (QED) is 0.927. The maximum Gasteiger partial charge on any atom is 0.260 e. The van der Waals surface area contributed by atoms with E-state index < -0.39 is 15.7 Å². The molecule has 0 spiro atoms. The average Bonchev–Trinajstić information content (AvgIpc) is 2.41. The van der Waals surface area contributed by atoms with Gasteiger partial charge in [0, 0.05) is 13.3 Å². The SMILES string of the molecule is CNc1ncc(F)c(Oc2ccc(S(C)(=O)=O)cc2)n1. The van der Waals surface area contributed by atoms with Gasteiger partial charge in [-0.1, -0.05) is 0 Å². The molecule has 8 heteroatoms. The number of nitrogens with zero attached hydrogens (tertiary/aromatic N) is 2. The number of benzene rings is 1. The molecule has 0 saturated carbocycles. The molecule has 0 radical (unpaired) electrons. The minimum atomic E-state index is -3.28. The summed E-state index contributed by atoms with van der Waals surface area (Å²) in [7, 11) is -1.68. The van der Waals surface area contributed by atoms with E-state index in [1.54, 1.807) is 7.05 Å². The van der Waals surface area contributed by atoms with E-state index in [4.69, 9.17) is 4.74 Å². The van der Waals surface area contributed by atoms with Crippen LogP contribution >= 0.6 is 0 Å². The molecule has 1 aromatic carbocycles. The molecule has 106 valence electrons. The number of hydrogen-bond acceptors (Lipinski definition) is 6. The van der Waals surface area contributed by atoms with Crippen LogP contribution in [0.2, 0.25) is 0 Å². The van der Waals surface area contributed by atoms with Crippen molar-refractivity contribution in [2.45, 2.75) is 4.90 Å². The lowest BCUT2D eigenvalue weighted by Crippen LogP contribution is -2.00. The lowest BCUT2D eigenvalue weighted by Gasteiger charge is -2.07. The summed E-state index contributed by atoms with van der Waals surface area (Å²) in [6.07, 6.45) is 2.09. The summed E-state index contributed by atoms with van der Waals surface area (Å²) in [5.74, 6) is -0.459. The number of halogens is 1. The molecule has 0 aliphatic rings. The molecule has 0 atom stereocenters. The minimum Gasteiger partial charge on any atom is -0.436 e. The summed E-state index contributed by atoms with van der Waals surface area (Å²) in [6, 6.07) is 5.61. The Labute approximate surface area is 115 Å². The van der Waals surface area contributed by atoms with E-state index in [-0.39, 0.29) is 22.5 Å². The van der Waals surface area contributed by atoms with Crippen molar-refractivity contribution in [2.75, 3.05) is 18.6 Å². The first kappa shape index (κ1) is 14.2. The van der Waals surface area contributed by atoms with Crippen LogP contribution in [0.5, 0.6) is 11.6 Å². The van der Waals surface area contributed by atoms with Crippen LogP contribution in [-0.4, -0.2) is 31.7 Å². The van der Waals surface area contributed by atoms with E-state index in [0.717, 1.165) is 12.5 Å². The molecule has 0 aliphatic carbocycles. The molecule has 0 amide bonds. The third-order valence-corrected chi connectivity index (χ3v) is 3.53. The van der Waals surface area contributed by atoms with Gasteiger partial charge in [0.1, 0.15) is 5.75 Å². The molecule has 1 aromatic heterocycles. The number of aromatic nitrogens is 2. The van der Waals surface area contributed by atoms with Crippen molar-refractivity contribution in [1.82, 2.24) is 9.97 Å². The molecule has 0 aliphatic heterocycles. The predicted molar refractivity (Wildman–Crippen MR) is 71.2 cm³/mol. The maximum atomic E-state index is 13.5. The Morgan fingerprint density at radius 2 is 1.90 bits per heavy atom. The molecule has 20 heavy (non-hydrogen) atoms. The monoisotopic (exact) mass is 297 g/mol. The topological polar surface area (TPSA) is 81.2 Å². The van der Waals surface area contributed by atoms with Crippen LogP contribution in [-0.2, 0) is 9.84 Å². The first-order chi connectivity index (χ1) is 9.40. The third kappa shape index (κ3) is 3.21. The molecule has 2 aromatic rings. The van der Waals surface area contributed by atoms with Gasteiger partial charge in [-0.3, -0.25) is 0 Å². The van der Waals surface area contributed by atoms with E-state index in [9.17, 15) is 12.8 Å². The van der Waals surface area contributed by atoms with Crippen LogP contribution in [0.3, 0.4) is 0 Å². The number of anilines is 1. The summed E-state index contributed by atoms with van der Waals surface area (Å²) < 4.78 is 41.4. The van der Waals surface area contributed by atoms with Crippen molar-refractivity contribution >= 4 is 15.8 Å². The second kappa shape index (κ2) is 5.41. The highest BCUT2D eigenvalue weighted by atomic mass is 32.2. The Kier molecular flexibility index (Phi) is 3.84. The zero-order valence-electron chi connectivity index (χ0n) is 10.8. The third-order valence-electron chi connectivity index (χ3n) is 2.40. The smallest absolute Gasteiger partial charge is 0.260 e. The first-order valence-corrected chi connectivity index (χ1v) is 7.47. The number of nitrogens with one attached hydrogen (secondary N) is 1. The van der Waals surface area contributed by atoms with Crippen molar-refractivity contribution in [1.29, 1.82) is 0 Å². The van der Waals surface area contributed by atoms with Crippen LogP contribution in [0.1, 0.15) is 0 Å². The van der Waals surface area contributed by atoms with Gasteiger partial charge in [0.15, 0.2) is 9.84 Å². The fourth-order valence-corrected chi connectivity index (χ4v) is 2.04. The van der Waals surface area contributed by atoms with Gasteiger partial charge in [-0.2, -0.15) is 9.37 Å². The van der Waals surface area contributed by atoms with E-state index in [1.165, 1.54) is 24.3 Å². The van der Waals surface area contributed by atoms with Gasteiger partial charge < -0.3 is 10.1 Å². The van der Waals surface area contributed by atoms with Gasteiger partial charge in [0.2, 0.25) is 11.8 Å². The van der Waals surface area contributed by atoms with E-state index >= 15 is 0 Å². The lowest BCUT2D eigenvalue weighted by molar-refractivity contribution is 0.420. The molecule has 0 fully saturated rings. The van der Waals surface area contributed by atoms with Gasteiger partial charge in [-0.25, -0.2) is 13.4 Å². The van der Waals surface area contributed by atoms with Crippen molar-refractivity contribution in [3.63, 3.8) is 0 Å². The second-order valence-electron chi connectivity index (χ2n) is 3.94. The molecular weight excluding hydrogens is 285 g/mol. The maximum absolute atomic E-state index is 13.5. The van der Waals surface area contributed by atoms with Gasteiger partial charge in [0.05, 0.1) is 11.1 Å². The number of hydrogen-bond donors (Lipinski definition) is 1. The Morgan fingerprint density at radius 3 is 2.45 bits per heavy atom. The molecule has 1 N–H and O–H groups in total. The van der Waals surface area contributed by atoms with Gasteiger partial charge in [0.25, 0.3) is 5.88 Å². The summed E-state index contributed by atoms with van der Waals surface area (Å²) in [4.78, 5) is 7.66. The molecule has 0 saturated heterocycles. The highest BCUT2D eigenvalue weighted by Gasteiger charge is 2.10. The molecule has 2 rings (SSSR count). The van der Waals surface area contributed by atoms with Crippen molar-refractivity contribution in [2.24, 2.45) is 0 Å². The normalized spacial score (nSPS) is 11.2.